The van der Waals surface area contributed by atoms with E-state index in [9.17, 15) is 13.2 Å². The van der Waals surface area contributed by atoms with Crippen LogP contribution in [0.3, 0.4) is 0 Å². The molecule has 0 radical (unpaired) electrons. The number of carbonyl (C=O) groups excluding carboxylic acids is 1. The van der Waals surface area contributed by atoms with Gasteiger partial charge >= 0.3 is 0 Å². The van der Waals surface area contributed by atoms with Gasteiger partial charge in [0.15, 0.2) is 11.5 Å². The molecule has 2 heterocycles. The summed E-state index contributed by atoms with van der Waals surface area (Å²) in [5, 5.41) is 2.82. The van der Waals surface area contributed by atoms with Crippen LogP contribution >= 0.6 is 0 Å². The Morgan fingerprint density at radius 3 is 2.76 bits per heavy atom. The maximum absolute atomic E-state index is 13.6. The van der Waals surface area contributed by atoms with E-state index in [0.717, 1.165) is 25.7 Å². The normalized spacial score (nSPS) is 26.7. The molecule has 29 heavy (non-hydrogen) atoms. The number of hydrogen-bond donors (Lipinski definition) is 1. The van der Waals surface area contributed by atoms with Gasteiger partial charge in [0.1, 0.15) is 19.3 Å². The summed E-state index contributed by atoms with van der Waals surface area (Å²) in [5.74, 6) is 0.935. The topological polar surface area (TPSA) is 94.2 Å². The Hall–Kier alpha value is -1.84. The number of benzene rings is 1. The highest BCUT2D eigenvalue weighted by molar-refractivity contribution is 7.89. The van der Waals surface area contributed by atoms with Gasteiger partial charge in [0.2, 0.25) is 15.9 Å². The van der Waals surface area contributed by atoms with E-state index in [0.29, 0.717) is 44.3 Å². The first-order chi connectivity index (χ1) is 14.0. The maximum atomic E-state index is 13.6. The third-order valence-electron chi connectivity index (χ3n) is 6.03. The Bertz CT molecular complexity index is 859. The minimum Gasteiger partial charge on any atom is -0.486 e. The van der Waals surface area contributed by atoms with Crippen LogP contribution in [0.2, 0.25) is 0 Å². The molecule has 1 saturated carbocycles. The molecule has 2 aliphatic heterocycles. The third-order valence-corrected chi connectivity index (χ3v) is 7.96. The molecule has 0 spiro atoms. The van der Waals surface area contributed by atoms with Crippen molar-refractivity contribution in [1.82, 2.24) is 9.62 Å². The lowest BCUT2D eigenvalue weighted by Gasteiger charge is -2.33. The molecule has 1 saturated heterocycles. The van der Waals surface area contributed by atoms with Gasteiger partial charge in [-0.2, -0.15) is 4.31 Å². The fourth-order valence-corrected chi connectivity index (χ4v) is 6.58. The van der Waals surface area contributed by atoms with Gasteiger partial charge in [-0.25, -0.2) is 8.42 Å². The van der Waals surface area contributed by atoms with E-state index in [2.05, 4.69) is 5.32 Å². The van der Waals surface area contributed by atoms with Crippen molar-refractivity contribution in [1.29, 1.82) is 0 Å². The van der Waals surface area contributed by atoms with Crippen LogP contribution in [0, 0.1) is 5.92 Å². The molecule has 0 bridgehead atoms. The number of nitrogens with zero attached hydrogens (tertiary/aromatic N) is 1. The molecular formula is C20H28N2O6S. The summed E-state index contributed by atoms with van der Waals surface area (Å²) in [5.41, 5.74) is 0. The predicted molar refractivity (Wildman–Crippen MR) is 105 cm³/mol. The van der Waals surface area contributed by atoms with Gasteiger partial charge < -0.3 is 19.5 Å². The lowest BCUT2D eigenvalue weighted by Crippen LogP contribution is -2.49. The molecule has 4 rings (SSSR count). The number of nitrogens with one attached hydrogen (secondary N) is 1. The first-order valence-corrected chi connectivity index (χ1v) is 11.7. The number of hydrogen-bond acceptors (Lipinski definition) is 6. The number of sulfonamides is 1. The first-order valence-electron chi connectivity index (χ1n) is 10.2. The van der Waals surface area contributed by atoms with Crippen LogP contribution in [-0.2, 0) is 19.6 Å². The van der Waals surface area contributed by atoms with Crippen molar-refractivity contribution in [2.75, 3.05) is 33.5 Å². The van der Waals surface area contributed by atoms with Gasteiger partial charge in [-0.1, -0.05) is 12.8 Å². The van der Waals surface area contributed by atoms with Crippen LogP contribution in [0.25, 0.3) is 0 Å². The molecule has 0 unspecified atom stereocenters. The summed E-state index contributed by atoms with van der Waals surface area (Å²) in [6.07, 6.45) is 4.37. The summed E-state index contributed by atoms with van der Waals surface area (Å²) in [4.78, 5) is 13.0. The van der Waals surface area contributed by atoms with E-state index < -0.39 is 16.1 Å². The van der Waals surface area contributed by atoms with Gasteiger partial charge in [-0.3, -0.25) is 4.79 Å². The van der Waals surface area contributed by atoms with E-state index in [4.69, 9.17) is 14.2 Å². The number of rotatable bonds is 6. The summed E-state index contributed by atoms with van der Waals surface area (Å²) < 4.78 is 44.8. The summed E-state index contributed by atoms with van der Waals surface area (Å²) >= 11 is 0. The molecule has 9 heteroatoms. The Morgan fingerprint density at radius 1 is 1.21 bits per heavy atom. The molecule has 1 aromatic carbocycles. The average molecular weight is 425 g/mol. The fourth-order valence-electron chi connectivity index (χ4n) is 4.69. The fraction of sp³-hybridized carbons (Fsp3) is 0.650. The molecule has 2 fully saturated rings. The standard InChI is InChI=1S/C20H28N2O6S/c1-26-9-8-21-20(23)17-12-14-4-2-3-5-16(14)22(17)29(24,25)15-6-7-18-19(13-15)28-11-10-27-18/h6-7,13-14,16-17H,2-5,8-12H2,1H3,(H,21,23)/t14-,16-,17-/m0/s1. The lowest BCUT2D eigenvalue weighted by molar-refractivity contribution is -0.124. The van der Waals surface area contributed by atoms with E-state index in [1.165, 1.54) is 10.4 Å². The van der Waals surface area contributed by atoms with Crippen LogP contribution in [0.5, 0.6) is 11.5 Å². The number of amides is 1. The zero-order valence-electron chi connectivity index (χ0n) is 16.6. The Morgan fingerprint density at radius 2 is 1.97 bits per heavy atom. The van der Waals surface area contributed by atoms with Crippen LogP contribution in [0.15, 0.2) is 23.1 Å². The second kappa shape index (κ2) is 8.49. The van der Waals surface area contributed by atoms with E-state index in [-0.39, 0.29) is 22.8 Å². The molecule has 3 aliphatic rings. The minimum absolute atomic E-state index is 0.139. The van der Waals surface area contributed by atoms with Crippen LogP contribution in [0.4, 0.5) is 0 Å². The predicted octanol–water partition coefficient (Wildman–Crippen LogP) is 1.54. The Labute approximate surface area is 171 Å². The molecule has 1 N–H and O–H groups in total. The number of fused-ring (bicyclic) bond motifs is 2. The molecule has 3 atom stereocenters. The smallest absolute Gasteiger partial charge is 0.244 e. The Kier molecular flexibility index (Phi) is 5.98. The zero-order chi connectivity index (χ0) is 20.4. The van der Waals surface area contributed by atoms with Crippen LogP contribution in [-0.4, -0.2) is 64.2 Å². The zero-order valence-corrected chi connectivity index (χ0v) is 17.4. The van der Waals surface area contributed by atoms with E-state index >= 15 is 0 Å². The van der Waals surface area contributed by atoms with Gasteiger partial charge in [-0.05, 0) is 37.3 Å². The number of carbonyl (C=O) groups is 1. The third kappa shape index (κ3) is 3.95. The van der Waals surface area contributed by atoms with E-state index in [1.54, 1.807) is 19.2 Å². The Balaban J connectivity index is 1.65. The quantitative estimate of drug-likeness (QED) is 0.697. The van der Waals surface area contributed by atoms with Crippen molar-refractivity contribution in [3.8, 4) is 11.5 Å². The van der Waals surface area contributed by atoms with Crippen molar-refractivity contribution >= 4 is 15.9 Å². The molecule has 1 aromatic rings. The van der Waals surface area contributed by atoms with Crippen molar-refractivity contribution in [3.05, 3.63) is 18.2 Å². The van der Waals surface area contributed by atoms with Crippen molar-refractivity contribution in [2.24, 2.45) is 5.92 Å². The average Bonchev–Trinajstić information content (AvgIpc) is 3.14. The van der Waals surface area contributed by atoms with E-state index in [1.807, 2.05) is 0 Å². The highest BCUT2D eigenvalue weighted by atomic mass is 32.2. The van der Waals surface area contributed by atoms with Crippen molar-refractivity contribution < 1.29 is 27.4 Å². The molecule has 1 amide bonds. The number of methoxy groups -OCH3 is 1. The van der Waals surface area contributed by atoms with Crippen molar-refractivity contribution in [2.45, 2.75) is 49.1 Å². The van der Waals surface area contributed by atoms with Gasteiger partial charge in [-0.15, -0.1) is 0 Å². The molecule has 1 aliphatic carbocycles. The highest BCUT2D eigenvalue weighted by Gasteiger charge is 2.51. The maximum Gasteiger partial charge on any atom is 0.244 e. The second-order valence-corrected chi connectivity index (χ2v) is 9.63. The molecule has 8 nitrogen and oxygen atoms in total. The summed E-state index contributed by atoms with van der Waals surface area (Å²) in [6, 6.07) is 3.85. The van der Waals surface area contributed by atoms with Gasteiger partial charge in [0.05, 0.1) is 11.5 Å². The van der Waals surface area contributed by atoms with Crippen LogP contribution in [0.1, 0.15) is 32.1 Å². The monoisotopic (exact) mass is 424 g/mol. The molecular weight excluding hydrogens is 396 g/mol. The number of ether oxygens (including phenoxy) is 3. The SMILES string of the molecule is COCCNC(=O)[C@@H]1C[C@@H]2CCCC[C@@H]2N1S(=O)(=O)c1ccc2c(c1)OCCO2. The molecule has 0 aromatic heterocycles. The van der Waals surface area contributed by atoms with Crippen LogP contribution < -0.4 is 14.8 Å². The summed E-state index contributed by atoms with van der Waals surface area (Å²) in [6.45, 7) is 1.58. The lowest BCUT2D eigenvalue weighted by atomic mass is 9.85. The summed E-state index contributed by atoms with van der Waals surface area (Å²) in [7, 11) is -2.30. The highest BCUT2D eigenvalue weighted by Crippen LogP contribution is 2.43. The minimum atomic E-state index is -3.86. The molecule has 160 valence electrons. The van der Waals surface area contributed by atoms with Crippen molar-refractivity contribution in [3.63, 3.8) is 0 Å². The first kappa shape index (κ1) is 20.4. The second-order valence-electron chi connectivity index (χ2n) is 7.79. The van der Waals surface area contributed by atoms with Gasteiger partial charge in [0, 0.05) is 25.8 Å². The largest absolute Gasteiger partial charge is 0.486 e. The van der Waals surface area contributed by atoms with Gasteiger partial charge in [0.25, 0.3) is 0 Å².